The normalized spacial score (nSPS) is 10.5. The second-order valence-electron chi connectivity index (χ2n) is 4.76. The van der Waals surface area contributed by atoms with Gasteiger partial charge >= 0.3 is 0 Å². The van der Waals surface area contributed by atoms with Crippen LogP contribution in [0.15, 0.2) is 28.0 Å². The lowest BCUT2D eigenvalue weighted by Crippen LogP contribution is -2.37. The van der Waals surface area contributed by atoms with Crippen LogP contribution in [0, 0.1) is 0 Å². The predicted octanol–water partition coefficient (Wildman–Crippen LogP) is 0.810. The van der Waals surface area contributed by atoms with E-state index in [0.29, 0.717) is 23.3 Å². The molecule has 0 saturated carbocycles. The molecule has 0 aromatic carbocycles. The van der Waals surface area contributed by atoms with Crippen LogP contribution in [-0.4, -0.2) is 45.4 Å². The zero-order valence-corrected chi connectivity index (χ0v) is 13.9. The Bertz CT molecular complexity index is 653. The first-order valence-corrected chi connectivity index (χ1v) is 8.19. The largest absolute Gasteiger partial charge is 0.461 e. The van der Waals surface area contributed by atoms with E-state index in [4.69, 9.17) is 4.42 Å². The number of thioether (sulfide) groups is 1. The lowest BCUT2D eigenvalue weighted by Gasteiger charge is -2.06. The minimum atomic E-state index is -0.232. The van der Waals surface area contributed by atoms with Gasteiger partial charge in [-0.2, -0.15) is 0 Å². The molecule has 0 bridgehead atoms. The fourth-order valence-electron chi connectivity index (χ4n) is 1.75. The Morgan fingerprint density at radius 2 is 2.13 bits per heavy atom. The van der Waals surface area contributed by atoms with Crippen molar-refractivity contribution >= 4 is 23.6 Å². The van der Waals surface area contributed by atoms with Gasteiger partial charge in [0.1, 0.15) is 0 Å². The molecule has 2 rings (SSSR count). The number of hydrogen-bond donors (Lipinski definition) is 2. The van der Waals surface area contributed by atoms with Crippen molar-refractivity contribution in [1.29, 1.82) is 0 Å². The van der Waals surface area contributed by atoms with Crippen LogP contribution in [0.2, 0.25) is 0 Å². The minimum Gasteiger partial charge on any atom is -0.461 e. The third-order valence-electron chi connectivity index (χ3n) is 2.93. The first kappa shape index (κ1) is 17.1. The summed E-state index contributed by atoms with van der Waals surface area (Å²) >= 11 is 1.25. The van der Waals surface area contributed by atoms with Gasteiger partial charge in [-0.1, -0.05) is 18.7 Å². The molecule has 2 N–H and O–H groups in total. The van der Waals surface area contributed by atoms with E-state index in [0.717, 1.165) is 6.42 Å². The zero-order chi connectivity index (χ0) is 16.7. The molecule has 8 nitrogen and oxygen atoms in total. The Labute approximate surface area is 138 Å². The monoisotopic (exact) mass is 337 g/mol. The Morgan fingerprint density at radius 1 is 1.30 bits per heavy atom. The summed E-state index contributed by atoms with van der Waals surface area (Å²) in [6.07, 6.45) is 2.42. The van der Waals surface area contributed by atoms with Crippen LogP contribution in [0.1, 0.15) is 13.3 Å². The molecule has 2 aromatic heterocycles. The lowest BCUT2D eigenvalue weighted by atomic mass is 10.4. The van der Waals surface area contributed by atoms with Crippen molar-refractivity contribution in [2.75, 3.05) is 18.8 Å². The summed E-state index contributed by atoms with van der Waals surface area (Å²) in [6, 6.07) is 3.56. The fourth-order valence-corrected chi connectivity index (χ4v) is 2.49. The molecule has 124 valence electrons. The van der Waals surface area contributed by atoms with Crippen LogP contribution in [-0.2, 0) is 16.6 Å². The second kappa shape index (κ2) is 8.37. The van der Waals surface area contributed by atoms with Gasteiger partial charge in [0.2, 0.25) is 11.8 Å². The van der Waals surface area contributed by atoms with E-state index >= 15 is 0 Å². The number of aromatic nitrogens is 3. The van der Waals surface area contributed by atoms with Gasteiger partial charge in [-0.25, -0.2) is 0 Å². The molecular formula is C14H19N5O3S. The maximum Gasteiger partial charge on any atom is 0.239 e. The number of nitrogens with zero attached hydrogens (tertiary/aromatic N) is 3. The summed E-state index contributed by atoms with van der Waals surface area (Å²) in [5, 5.41) is 13.9. The highest BCUT2D eigenvalue weighted by Crippen LogP contribution is 2.22. The topological polar surface area (TPSA) is 102 Å². The fraction of sp³-hybridized carbons (Fsp3) is 0.429. The first-order valence-electron chi connectivity index (χ1n) is 7.21. The third kappa shape index (κ3) is 4.85. The molecule has 0 atom stereocenters. The van der Waals surface area contributed by atoms with Crippen molar-refractivity contribution in [3.63, 3.8) is 0 Å². The van der Waals surface area contributed by atoms with Gasteiger partial charge in [-0.3, -0.25) is 9.59 Å². The number of rotatable bonds is 8. The quantitative estimate of drug-likeness (QED) is 0.691. The van der Waals surface area contributed by atoms with Crippen LogP contribution in [0.5, 0.6) is 0 Å². The minimum absolute atomic E-state index is 0.0180. The summed E-state index contributed by atoms with van der Waals surface area (Å²) in [4.78, 5) is 23.2. The van der Waals surface area contributed by atoms with Crippen LogP contribution in [0.3, 0.4) is 0 Å². The molecule has 0 unspecified atom stereocenters. The van der Waals surface area contributed by atoms with Gasteiger partial charge in [0.25, 0.3) is 0 Å². The van der Waals surface area contributed by atoms with Crippen LogP contribution >= 0.6 is 11.8 Å². The van der Waals surface area contributed by atoms with E-state index in [1.165, 1.54) is 11.8 Å². The number of carbonyl (C=O) groups excluding carboxylic acids is 2. The Kier molecular flexibility index (Phi) is 6.21. The molecule has 9 heteroatoms. The third-order valence-corrected chi connectivity index (χ3v) is 3.95. The molecule has 0 aliphatic rings. The number of amides is 2. The molecular weight excluding hydrogens is 318 g/mol. The van der Waals surface area contributed by atoms with Gasteiger partial charge in [-0.15, -0.1) is 10.2 Å². The average molecular weight is 337 g/mol. The number of carbonyl (C=O) groups is 2. The average Bonchev–Trinajstić information content (AvgIpc) is 3.18. The molecule has 0 saturated heterocycles. The first-order chi connectivity index (χ1) is 11.1. The highest BCUT2D eigenvalue weighted by molar-refractivity contribution is 7.99. The summed E-state index contributed by atoms with van der Waals surface area (Å²) < 4.78 is 7.03. The molecule has 2 amide bonds. The van der Waals surface area contributed by atoms with Crippen LogP contribution < -0.4 is 10.6 Å². The van der Waals surface area contributed by atoms with Gasteiger partial charge in [-0.05, 0) is 18.6 Å². The summed E-state index contributed by atoms with van der Waals surface area (Å²) in [5.41, 5.74) is 0. The van der Waals surface area contributed by atoms with Gasteiger partial charge in [0, 0.05) is 13.6 Å². The Hall–Kier alpha value is -2.29. The van der Waals surface area contributed by atoms with E-state index in [1.807, 2.05) is 6.92 Å². The van der Waals surface area contributed by atoms with Gasteiger partial charge < -0.3 is 19.6 Å². The highest BCUT2D eigenvalue weighted by Gasteiger charge is 2.14. The van der Waals surface area contributed by atoms with E-state index in [9.17, 15) is 9.59 Å². The van der Waals surface area contributed by atoms with E-state index in [2.05, 4.69) is 20.8 Å². The van der Waals surface area contributed by atoms with Gasteiger partial charge in [0.05, 0.1) is 18.6 Å². The summed E-state index contributed by atoms with van der Waals surface area (Å²) in [7, 11) is 1.80. The molecule has 23 heavy (non-hydrogen) atoms. The van der Waals surface area contributed by atoms with Crippen LogP contribution in [0.4, 0.5) is 0 Å². The van der Waals surface area contributed by atoms with Crippen molar-refractivity contribution in [2.24, 2.45) is 7.05 Å². The van der Waals surface area contributed by atoms with Crippen molar-refractivity contribution in [3.05, 3.63) is 18.4 Å². The van der Waals surface area contributed by atoms with Crippen molar-refractivity contribution in [1.82, 2.24) is 25.4 Å². The molecule has 0 spiro atoms. The Balaban J connectivity index is 1.80. The molecule has 0 aliphatic heterocycles. The molecule has 0 radical (unpaired) electrons. The molecule has 0 fully saturated rings. The van der Waals surface area contributed by atoms with Crippen LogP contribution in [0.25, 0.3) is 11.6 Å². The van der Waals surface area contributed by atoms with Crippen molar-refractivity contribution in [2.45, 2.75) is 18.5 Å². The maximum absolute atomic E-state index is 11.8. The predicted molar refractivity (Wildman–Crippen MR) is 85.7 cm³/mol. The molecule has 2 heterocycles. The highest BCUT2D eigenvalue weighted by atomic mass is 32.2. The summed E-state index contributed by atoms with van der Waals surface area (Å²) in [6.45, 7) is 2.56. The molecule has 0 aliphatic carbocycles. The zero-order valence-electron chi connectivity index (χ0n) is 13.0. The molecule has 2 aromatic rings. The standard InChI is InChI=1S/C14H19N5O3S/c1-3-6-15-11(20)8-16-12(21)9-23-14-18-17-13(19(14)2)10-5-4-7-22-10/h4-5,7H,3,6,8-9H2,1-2H3,(H,15,20)(H,16,21). The summed E-state index contributed by atoms with van der Waals surface area (Å²) in [5.74, 6) is 0.944. The second-order valence-corrected chi connectivity index (χ2v) is 5.70. The van der Waals surface area contributed by atoms with E-state index in [-0.39, 0.29) is 24.1 Å². The number of hydrogen-bond acceptors (Lipinski definition) is 6. The number of nitrogens with one attached hydrogen (secondary N) is 2. The van der Waals surface area contributed by atoms with E-state index < -0.39 is 0 Å². The number of furan rings is 1. The maximum atomic E-state index is 11.8. The SMILES string of the molecule is CCCNC(=O)CNC(=O)CSc1nnc(-c2ccco2)n1C. The Morgan fingerprint density at radius 3 is 2.83 bits per heavy atom. The van der Waals surface area contributed by atoms with Crippen molar-refractivity contribution in [3.8, 4) is 11.6 Å². The van der Waals surface area contributed by atoms with Crippen molar-refractivity contribution < 1.29 is 14.0 Å². The smallest absolute Gasteiger partial charge is 0.239 e. The lowest BCUT2D eigenvalue weighted by molar-refractivity contribution is -0.124. The van der Waals surface area contributed by atoms with E-state index in [1.54, 1.807) is 30.0 Å². The van der Waals surface area contributed by atoms with Gasteiger partial charge in [0.15, 0.2) is 16.7 Å².